The van der Waals surface area contributed by atoms with E-state index in [-0.39, 0.29) is 5.92 Å². The van der Waals surface area contributed by atoms with Gasteiger partial charge in [-0.3, -0.25) is 14.5 Å². The Balaban J connectivity index is 2.52. The predicted octanol–water partition coefficient (Wildman–Crippen LogP) is 5.35. The molecule has 0 aliphatic carbocycles. The number of alkyl carbamates (subject to hydrolysis) is 1. The highest BCUT2D eigenvalue weighted by molar-refractivity contribution is 6.00. The largest absolute Gasteiger partial charge is 0.497 e. The lowest BCUT2D eigenvalue weighted by molar-refractivity contribution is -0.137. The van der Waals surface area contributed by atoms with E-state index < -0.39 is 35.6 Å². The predicted molar refractivity (Wildman–Crippen MR) is 149 cm³/mol. The maximum Gasteiger partial charge on any atom is 0.408 e. The van der Waals surface area contributed by atoms with Crippen molar-refractivity contribution in [3.8, 4) is 18.2 Å². The summed E-state index contributed by atoms with van der Waals surface area (Å²) in [5, 5.41) is 5.53. The molecule has 2 N–H and O–H groups in total. The monoisotopic (exact) mass is 521 g/mol. The van der Waals surface area contributed by atoms with E-state index in [2.05, 4.69) is 16.7 Å². The second-order valence-corrected chi connectivity index (χ2v) is 10.6. The van der Waals surface area contributed by atoms with Gasteiger partial charge in [0.25, 0.3) is 11.8 Å². The summed E-state index contributed by atoms with van der Waals surface area (Å²) in [6.45, 7) is 12.8. The first kappa shape index (κ1) is 30.2. The summed E-state index contributed by atoms with van der Waals surface area (Å²) in [4.78, 5) is 41.4. The molecule has 0 aromatic heterocycles. The molecule has 0 saturated heterocycles. The third-order valence-electron chi connectivity index (χ3n) is 5.75. The fourth-order valence-electron chi connectivity index (χ4n) is 4.10. The molecule has 204 valence electrons. The van der Waals surface area contributed by atoms with Crippen LogP contribution >= 0.6 is 0 Å². The molecular formula is C30H39N3O5. The summed E-state index contributed by atoms with van der Waals surface area (Å²) in [5.41, 5.74) is 1.98. The second kappa shape index (κ2) is 13.0. The van der Waals surface area contributed by atoms with Gasteiger partial charge in [-0.1, -0.05) is 38.5 Å². The highest BCUT2D eigenvalue weighted by Crippen LogP contribution is 2.30. The molecule has 0 spiro atoms. The van der Waals surface area contributed by atoms with Crippen LogP contribution in [0.1, 0.15) is 63.8 Å². The number of hydrogen-bond donors (Lipinski definition) is 2. The molecule has 3 amide bonds. The Morgan fingerprint density at radius 2 is 1.61 bits per heavy atom. The molecule has 2 aromatic carbocycles. The van der Waals surface area contributed by atoms with Gasteiger partial charge < -0.3 is 20.1 Å². The van der Waals surface area contributed by atoms with Gasteiger partial charge in [0.2, 0.25) is 0 Å². The van der Waals surface area contributed by atoms with Crippen molar-refractivity contribution in [2.45, 2.75) is 72.6 Å². The lowest BCUT2D eigenvalue weighted by atomic mass is 9.93. The van der Waals surface area contributed by atoms with Gasteiger partial charge in [0.05, 0.1) is 7.11 Å². The van der Waals surface area contributed by atoms with Crippen LogP contribution < -0.4 is 15.4 Å². The van der Waals surface area contributed by atoms with Crippen LogP contribution in [0.4, 0.5) is 10.5 Å². The highest BCUT2D eigenvalue weighted by Gasteiger charge is 2.37. The standard InChI is InChI=1S/C30H39N3O5/c1-10-33(28(35)24(18-19(2)3)32-29(36)38-30(6,7)8)26(25-20(4)12-11-13-21(25)5)27(34)31-22-14-16-23(37-9)17-15-22/h1,11-17,19,24,26H,18H2,2-9H3,(H,31,34)(H,32,36). The lowest BCUT2D eigenvalue weighted by Crippen LogP contribution is -2.51. The minimum atomic E-state index is -1.15. The number of hydrogen-bond acceptors (Lipinski definition) is 5. The third-order valence-corrected chi connectivity index (χ3v) is 5.75. The van der Waals surface area contributed by atoms with Crippen LogP contribution in [0.25, 0.3) is 0 Å². The van der Waals surface area contributed by atoms with E-state index in [0.29, 0.717) is 23.4 Å². The van der Waals surface area contributed by atoms with Gasteiger partial charge in [0.15, 0.2) is 0 Å². The smallest absolute Gasteiger partial charge is 0.408 e. The first-order valence-corrected chi connectivity index (χ1v) is 12.6. The summed E-state index contributed by atoms with van der Waals surface area (Å²) >= 11 is 0. The molecule has 0 fully saturated rings. The Labute approximate surface area is 226 Å². The van der Waals surface area contributed by atoms with E-state index in [4.69, 9.17) is 15.9 Å². The zero-order valence-corrected chi connectivity index (χ0v) is 23.5. The number of aryl methyl sites for hydroxylation is 2. The Hall–Kier alpha value is -3.99. The molecule has 2 rings (SSSR count). The molecule has 2 atom stereocenters. The number of methoxy groups -OCH3 is 1. The van der Waals surface area contributed by atoms with Gasteiger partial charge in [0, 0.05) is 11.7 Å². The van der Waals surface area contributed by atoms with Crippen LogP contribution in [0.3, 0.4) is 0 Å². The van der Waals surface area contributed by atoms with Gasteiger partial charge in [-0.05, 0) is 87.9 Å². The van der Waals surface area contributed by atoms with Crippen LogP contribution in [0.5, 0.6) is 5.75 Å². The molecule has 38 heavy (non-hydrogen) atoms. The molecule has 0 saturated carbocycles. The van der Waals surface area contributed by atoms with E-state index in [1.165, 1.54) is 0 Å². The second-order valence-electron chi connectivity index (χ2n) is 10.6. The zero-order valence-electron chi connectivity index (χ0n) is 23.5. The molecule has 0 aliphatic heterocycles. The minimum absolute atomic E-state index is 0.0466. The van der Waals surface area contributed by atoms with Gasteiger partial charge >= 0.3 is 6.09 Å². The number of rotatable bonds is 9. The summed E-state index contributed by atoms with van der Waals surface area (Å²) in [6.07, 6.45) is 5.46. The number of anilines is 1. The topological polar surface area (TPSA) is 97.0 Å². The number of amides is 3. The maximum atomic E-state index is 13.9. The Morgan fingerprint density at radius 1 is 1.03 bits per heavy atom. The van der Waals surface area contributed by atoms with E-state index >= 15 is 0 Å². The number of ether oxygens (including phenoxy) is 2. The zero-order chi connectivity index (χ0) is 28.6. The summed E-state index contributed by atoms with van der Waals surface area (Å²) in [7, 11) is 1.56. The summed E-state index contributed by atoms with van der Waals surface area (Å²) in [5.74, 6) is -0.381. The maximum absolute atomic E-state index is 13.9. The Kier molecular flexibility index (Phi) is 10.3. The summed E-state index contributed by atoms with van der Waals surface area (Å²) < 4.78 is 10.6. The van der Waals surface area contributed by atoms with E-state index in [0.717, 1.165) is 16.0 Å². The molecule has 8 nitrogen and oxygen atoms in total. The molecule has 2 unspecified atom stereocenters. The number of nitrogens with zero attached hydrogens (tertiary/aromatic N) is 1. The van der Waals surface area contributed by atoms with Crippen molar-refractivity contribution in [2.24, 2.45) is 5.92 Å². The van der Waals surface area contributed by atoms with Crippen molar-refractivity contribution in [2.75, 3.05) is 12.4 Å². The van der Waals surface area contributed by atoms with Crippen LogP contribution in [-0.4, -0.2) is 41.6 Å². The van der Waals surface area contributed by atoms with Gasteiger partial charge in [0.1, 0.15) is 23.4 Å². The minimum Gasteiger partial charge on any atom is -0.497 e. The van der Waals surface area contributed by atoms with E-state index in [1.807, 2.05) is 45.9 Å². The van der Waals surface area contributed by atoms with Crippen LogP contribution in [0.15, 0.2) is 42.5 Å². The van der Waals surface area contributed by atoms with Crippen molar-refractivity contribution < 1.29 is 23.9 Å². The fourth-order valence-corrected chi connectivity index (χ4v) is 4.10. The SMILES string of the molecule is C#CN(C(=O)C(CC(C)C)NC(=O)OC(C)(C)C)C(C(=O)Nc1ccc(OC)cc1)c1c(C)cccc1C. The van der Waals surface area contributed by atoms with Crippen molar-refractivity contribution >= 4 is 23.6 Å². The first-order chi connectivity index (χ1) is 17.8. The average Bonchev–Trinajstić information content (AvgIpc) is 2.81. The number of carbonyl (C=O) groups excluding carboxylic acids is 3. The van der Waals surface area contributed by atoms with E-state index in [1.54, 1.807) is 52.1 Å². The van der Waals surface area contributed by atoms with Crippen LogP contribution in [-0.2, 0) is 14.3 Å². The molecule has 0 bridgehead atoms. The van der Waals surface area contributed by atoms with Crippen molar-refractivity contribution in [3.63, 3.8) is 0 Å². The number of nitrogens with one attached hydrogen (secondary N) is 2. The molecular weight excluding hydrogens is 482 g/mol. The van der Waals surface area contributed by atoms with Crippen LogP contribution in [0, 0.1) is 32.2 Å². The van der Waals surface area contributed by atoms with Crippen molar-refractivity contribution in [1.29, 1.82) is 0 Å². The van der Waals surface area contributed by atoms with Gasteiger partial charge in [-0.25, -0.2) is 4.79 Å². The quantitative estimate of drug-likeness (QED) is 0.343. The fraction of sp³-hybridized carbons (Fsp3) is 0.433. The first-order valence-electron chi connectivity index (χ1n) is 12.6. The Bertz CT molecular complexity index is 1160. The molecule has 2 aromatic rings. The third kappa shape index (κ3) is 8.27. The van der Waals surface area contributed by atoms with Crippen molar-refractivity contribution in [1.82, 2.24) is 10.2 Å². The highest BCUT2D eigenvalue weighted by atomic mass is 16.6. The van der Waals surface area contributed by atoms with Crippen molar-refractivity contribution in [3.05, 3.63) is 59.2 Å². The number of carbonyl (C=O) groups is 3. The molecule has 0 aliphatic rings. The normalized spacial score (nSPS) is 12.6. The number of benzene rings is 2. The van der Waals surface area contributed by atoms with Gasteiger partial charge in [-0.15, -0.1) is 0 Å². The lowest BCUT2D eigenvalue weighted by Gasteiger charge is -2.32. The van der Waals surface area contributed by atoms with Crippen LogP contribution in [0.2, 0.25) is 0 Å². The molecule has 8 heteroatoms. The number of terminal acetylenes is 1. The molecule has 0 heterocycles. The average molecular weight is 522 g/mol. The molecule has 0 radical (unpaired) electrons. The Morgan fingerprint density at radius 3 is 2.08 bits per heavy atom. The van der Waals surface area contributed by atoms with Gasteiger partial charge in [-0.2, -0.15) is 0 Å². The van der Waals surface area contributed by atoms with E-state index in [9.17, 15) is 14.4 Å². The summed E-state index contributed by atoms with van der Waals surface area (Å²) in [6, 6.07) is 12.7.